The molecule has 6 heteroatoms. The van der Waals surface area contributed by atoms with Gasteiger partial charge in [0.25, 0.3) is 0 Å². The molecular formula is C14H12Cl3FN2. The van der Waals surface area contributed by atoms with E-state index < -0.39 is 0 Å². The van der Waals surface area contributed by atoms with Gasteiger partial charge >= 0.3 is 0 Å². The molecule has 0 bridgehead atoms. The average molecular weight is 334 g/mol. The lowest BCUT2D eigenvalue weighted by atomic mass is 10.0. The van der Waals surface area contributed by atoms with Crippen LogP contribution in [0, 0.1) is 5.82 Å². The molecule has 0 radical (unpaired) electrons. The fourth-order valence-corrected chi connectivity index (χ4v) is 2.68. The zero-order chi connectivity index (χ0) is 14.7. The lowest BCUT2D eigenvalue weighted by Gasteiger charge is -2.18. The molecule has 0 aliphatic heterocycles. The van der Waals surface area contributed by atoms with E-state index >= 15 is 0 Å². The highest BCUT2D eigenvalue weighted by atomic mass is 35.5. The van der Waals surface area contributed by atoms with Gasteiger partial charge in [-0.3, -0.25) is 4.98 Å². The maximum absolute atomic E-state index is 13.1. The van der Waals surface area contributed by atoms with Crippen LogP contribution >= 0.6 is 34.8 Å². The summed E-state index contributed by atoms with van der Waals surface area (Å²) >= 11 is 18.0. The van der Waals surface area contributed by atoms with E-state index in [0.717, 1.165) is 5.56 Å². The smallest absolute Gasteiger partial charge is 0.124 e. The first-order valence-electron chi connectivity index (χ1n) is 5.93. The Balaban J connectivity index is 2.28. The second-order valence-electron chi connectivity index (χ2n) is 4.30. The third-order valence-corrected chi connectivity index (χ3v) is 3.82. The Labute approximate surface area is 131 Å². The van der Waals surface area contributed by atoms with Crippen molar-refractivity contribution in [1.82, 2.24) is 10.3 Å². The van der Waals surface area contributed by atoms with Crippen LogP contribution in [0.15, 0.2) is 30.5 Å². The second-order valence-corrected chi connectivity index (χ2v) is 5.55. The van der Waals surface area contributed by atoms with Crippen LogP contribution < -0.4 is 5.32 Å². The molecule has 2 rings (SSSR count). The third-order valence-electron chi connectivity index (χ3n) is 2.95. The van der Waals surface area contributed by atoms with E-state index in [2.05, 4.69) is 10.3 Å². The molecule has 0 aliphatic rings. The fraction of sp³-hybridized carbons (Fsp3) is 0.214. The molecule has 0 amide bonds. The van der Waals surface area contributed by atoms with Crippen LogP contribution in [0.1, 0.15) is 17.3 Å². The van der Waals surface area contributed by atoms with Crippen molar-refractivity contribution in [3.63, 3.8) is 0 Å². The Morgan fingerprint density at radius 2 is 1.95 bits per heavy atom. The van der Waals surface area contributed by atoms with Crippen LogP contribution in [0.4, 0.5) is 4.39 Å². The summed E-state index contributed by atoms with van der Waals surface area (Å²) in [5.41, 5.74) is 1.50. The van der Waals surface area contributed by atoms with Crippen LogP contribution in [0.25, 0.3) is 0 Å². The summed E-state index contributed by atoms with van der Waals surface area (Å²) in [6.07, 6.45) is 2.09. The number of halogens is 4. The van der Waals surface area contributed by atoms with Crippen molar-refractivity contribution >= 4 is 34.8 Å². The topological polar surface area (TPSA) is 24.9 Å². The summed E-state index contributed by atoms with van der Waals surface area (Å²) in [6, 6.07) is 5.84. The van der Waals surface area contributed by atoms with Crippen molar-refractivity contribution in [2.24, 2.45) is 0 Å². The van der Waals surface area contributed by atoms with Crippen LogP contribution in [0.5, 0.6) is 0 Å². The fourth-order valence-electron chi connectivity index (χ4n) is 1.92. The van der Waals surface area contributed by atoms with Crippen molar-refractivity contribution in [3.05, 3.63) is 62.6 Å². The number of pyridine rings is 1. The zero-order valence-corrected chi connectivity index (χ0v) is 12.9. The first-order valence-corrected chi connectivity index (χ1v) is 7.06. The van der Waals surface area contributed by atoms with Crippen LogP contribution in [-0.2, 0) is 6.42 Å². The minimum atomic E-state index is -0.359. The van der Waals surface area contributed by atoms with Gasteiger partial charge in [0.05, 0.1) is 21.8 Å². The predicted molar refractivity (Wildman–Crippen MR) is 81.2 cm³/mol. The average Bonchev–Trinajstić information content (AvgIpc) is 2.39. The molecule has 2 aromatic rings. The van der Waals surface area contributed by atoms with Crippen LogP contribution in [0.3, 0.4) is 0 Å². The summed E-state index contributed by atoms with van der Waals surface area (Å²) in [6.45, 7) is 0. The molecule has 20 heavy (non-hydrogen) atoms. The Morgan fingerprint density at radius 1 is 1.20 bits per heavy atom. The molecule has 0 aliphatic carbocycles. The van der Waals surface area contributed by atoms with Gasteiger partial charge in [-0.25, -0.2) is 4.39 Å². The summed E-state index contributed by atoms with van der Waals surface area (Å²) in [5, 5.41) is 4.47. The summed E-state index contributed by atoms with van der Waals surface area (Å²) in [4.78, 5) is 4.25. The van der Waals surface area contributed by atoms with E-state index in [-0.39, 0.29) is 11.9 Å². The number of benzene rings is 1. The molecule has 1 aromatic heterocycles. The Kier molecular flexibility index (Phi) is 5.22. The number of likely N-dealkylation sites (N-methyl/N-ethyl adjacent to an activating group) is 1. The van der Waals surface area contributed by atoms with Gasteiger partial charge in [-0.1, -0.05) is 40.9 Å². The number of hydrogen-bond donors (Lipinski definition) is 1. The summed E-state index contributed by atoms with van der Waals surface area (Å²) in [7, 11) is 1.80. The van der Waals surface area contributed by atoms with Crippen molar-refractivity contribution in [2.45, 2.75) is 12.5 Å². The molecule has 0 fully saturated rings. The van der Waals surface area contributed by atoms with Crippen molar-refractivity contribution in [3.8, 4) is 0 Å². The molecule has 0 saturated heterocycles. The van der Waals surface area contributed by atoms with Gasteiger partial charge < -0.3 is 5.32 Å². The number of nitrogens with one attached hydrogen (secondary N) is 1. The first-order chi connectivity index (χ1) is 9.51. The monoisotopic (exact) mass is 332 g/mol. The molecule has 2 nitrogen and oxygen atoms in total. The molecule has 1 atom stereocenters. The molecule has 1 heterocycles. The highest BCUT2D eigenvalue weighted by molar-refractivity contribution is 6.34. The van der Waals surface area contributed by atoms with Gasteiger partial charge in [-0.2, -0.15) is 0 Å². The van der Waals surface area contributed by atoms with Crippen LogP contribution in [0.2, 0.25) is 15.1 Å². The normalized spacial score (nSPS) is 12.4. The molecule has 106 valence electrons. The van der Waals surface area contributed by atoms with Gasteiger partial charge in [0.1, 0.15) is 5.82 Å². The third kappa shape index (κ3) is 3.61. The summed E-state index contributed by atoms with van der Waals surface area (Å²) < 4.78 is 13.1. The minimum absolute atomic E-state index is 0.136. The molecule has 1 aromatic carbocycles. The van der Waals surface area contributed by atoms with E-state index in [4.69, 9.17) is 34.8 Å². The minimum Gasteiger partial charge on any atom is -0.311 e. The number of aromatic nitrogens is 1. The van der Waals surface area contributed by atoms with Gasteiger partial charge in [-0.15, -0.1) is 0 Å². The Bertz CT molecular complexity index is 619. The Morgan fingerprint density at radius 3 is 2.55 bits per heavy atom. The number of hydrogen-bond acceptors (Lipinski definition) is 2. The SMILES string of the molecule is CNC(Cc1ccc(F)cc1Cl)c1ncc(Cl)cc1Cl. The number of rotatable bonds is 4. The van der Waals surface area contributed by atoms with Gasteiger partial charge in [0.2, 0.25) is 0 Å². The van der Waals surface area contributed by atoms with E-state index in [1.54, 1.807) is 25.4 Å². The van der Waals surface area contributed by atoms with Gasteiger partial charge in [0.15, 0.2) is 0 Å². The molecular weight excluding hydrogens is 322 g/mol. The van der Waals surface area contributed by atoms with Gasteiger partial charge in [-0.05, 0) is 37.2 Å². The molecule has 1 N–H and O–H groups in total. The molecule has 1 unspecified atom stereocenters. The maximum atomic E-state index is 13.1. The van der Waals surface area contributed by atoms with E-state index in [1.807, 2.05) is 0 Å². The quantitative estimate of drug-likeness (QED) is 0.878. The van der Waals surface area contributed by atoms with E-state index in [9.17, 15) is 4.39 Å². The van der Waals surface area contributed by atoms with Crippen molar-refractivity contribution in [2.75, 3.05) is 7.05 Å². The molecule has 0 saturated carbocycles. The second kappa shape index (κ2) is 6.72. The largest absolute Gasteiger partial charge is 0.311 e. The lowest BCUT2D eigenvalue weighted by molar-refractivity contribution is 0.574. The van der Waals surface area contributed by atoms with Crippen LogP contribution in [-0.4, -0.2) is 12.0 Å². The zero-order valence-electron chi connectivity index (χ0n) is 10.6. The van der Waals surface area contributed by atoms with E-state index in [0.29, 0.717) is 27.2 Å². The van der Waals surface area contributed by atoms with Gasteiger partial charge in [0, 0.05) is 11.2 Å². The first kappa shape index (κ1) is 15.5. The molecule has 0 spiro atoms. The number of nitrogens with zero attached hydrogens (tertiary/aromatic N) is 1. The summed E-state index contributed by atoms with van der Waals surface area (Å²) in [5.74, 6) is -0.359. The predicted octanol–water partition coefficient (Wildman–Crippen LogP) is 4.68. The highest BCUT2D eigenvalue weighted by Crippen LogP contribution is 2.28. The standard InChI is InChI=1S/C14H12Cl3FN2/c1-19-13(14-12(17)5-9(15)7-20-14)4-8-2-3-10(18)6-11(8)16/h2-3,5-7,13,19H,4H2,1H3. The van der Waals surface area contributed by atoms with Crippen molar-refractivity contribution < 1.29 is 4.39 Å². The maximum Gasteiger partial charge on any atom is 0.124 e. The van der Waals surface area contributed by atoms with Crippen molar-refractivity contribution in [1.29, 1.82) is 0 Å². The van der Waals surface area contributed by atoms with E-state index in [1.165, 1.54) is 12.1 Å². The highest BCUT2D eigenvalue weighted by Gasteiger charge is 2.17. The lowest BCUT2D eigenvalue weighted by Crippen LogP contribution is -2.20. The Hall–Kier alpha value is -0.870.